The Morgan fingerprint density at radius 1 is 1.32 bits per heavy atom. The van der Waals surface area contributed by atoms with Crippen LogP contribution in [0.25, 0.3) is 0 Å². The third-order valence-electron chi connectivity index (χ3n) is 2.34. The Balaban J connectivity index is 2.09. The van der Waals surface area contributed by atoms with Gasteiger partial charge in [-0.05, 0) is 34.1 Å². The van der Waals surface area contributed by atoms with Gasteiger partial charge in [-0.1, -0.05) is 0 Å². The van der Waals surface area contributed by atoms with Crippen LogP contribution >= 0.6 is 15.9 Å². The number of anilines is 1. The van der Waals surface area contributed by atoms with Gasteiger partial charge in [0, 0.05) is 6.07 Å². The fourth-order valence-electron chi connectivity index (χ4n) is 1.43. The molecule has 1 aromatic heterocycles. The summed E-state index contributed by atoms with van der Waals surface area (Å²) >= 11 is 2.95. The lowest BCUT2D eigenvalue weighted by Gasteiger charge is -2.07. The molecule has 0 aliphatic carbocycles. The van der Waals surface area contributed by atoms with Gasteiger partial charge < -0.3 is 14.8 Å². The number of carbonyl (C=O) groups is 1. The third-order valence-corrected chi connectivity index (χ3v) is 2.94. The first-order valence-electron chi connectivity index (χ1n) is 5.18. The molecule has 0 fully saturated rings. The molecule has 100 valence electrons. The molecule has 2 aromatic rings. The largest absolute Gasteiger partial charge is 0.475 e. The van der Waals surface area contributed by atoms with Crippen LogP contribution < -0.4 is 5.32 Å². The number of furan rings is 1. The van der Waals surface area contributed by atoms with E-state index in [2.05, 4.69) is 21.2 Å². The van der Waals surface area contributed by atoms with Crippen molar-refractivity contribution in [2.24, 2.45) is 0 Å². The molecule has 19 heavy (non-hydrogen) atoms. The van der Waals surface area contributed by atoms with Crippen molar-refractivity contribution in [2.75, 3.05) is 5.32 Å². The lowest BCUT2D eigenvalue weighted by Crippen LogP contribution is -2.01. The molecule has 7 heteroatoms. The zero-order chi connectivity index (χ0) is 14.0. The molecule has 0 radical (unpaired) electrons. The van der Waals surface area contributed by atoms with Crippen molar-refractivity contribution in [2.45, 2.75) is 6.54 Å². The Kier molecular flexibility index (Phi) is 3.84. The summed E-state index contributed by atoms with van der Waals surface area (Å²) in [5, 5.41) is 11.4. The van der Waals surface area contributed by atoms with Crippen LogP contribution in [-0.4, -0.2) is 11.1 Å². The standard InChI is InChI=1S/C12H8BrF2NO3/c13-7-3-10(9(15)4-8(7)14)16-5-6-1-2-11(19-6)12(17)18/h1-4,16H,5H2,(H,17,18). The molecule has 1 heterocycles. The predicted molar refractivity (Wildman–Crippen MR) is 67.1 cm³/mol. The Morgan fingerprint density at radius 2 is 2.05 bits per heavy atom. The van der Waals surface area contributed by atoms with E-state index in [-0.39, 0.29) is 22.5 Å². The molecular weight excluding hydrogens is 324 g/mol. The average Bonchev–Trinajstić information content (AvgIpc) is 2.81. The van der Waals surface area contributed by atoms with Gasteiger partial charge >= 0.3 is 5.97 Å². The van der Waals surface area contributed by atoms with Crippen LogP contribution in [0.1, 0.15) is 16.3 Å². The van der Waals surface area contributed by atoms with Crippen LogP contribution in [0.2, 0.25) is 0 Å². The van der Waals surface area contributed by atoms with E-state index in [1.54, 1.807) is 0 Å². The molecule has 0 atom stereocenters. The molecule has 1 aromatic carbocycles. The van der Waals surface area contributed by atoms with Gasteiger partial charge in [-0.2, -0.15) is 0 Å². The molecule has 0 saturated heterocycles. The normalized spacial score (nSPS) is 10.5. The van der Waals surface area contributed by atoms with Crippen LogP contribution in [0.4, 0.5) is 14.5 Å². The number of nitrogens with one attached hydrogen (secondary N) is 1. The summed E-state index contributed by atoms with van der Waals surface area (Å²) in [7, 11) is 0. The van der Waals surface area contributed by atoms with E-state index < -0.39 is 17.6 Å². The van der Waals surface area contributed by atoms with Crippen molar-refractivity contribution in [3.8, 4) is 0 Å². The van der Waals surface area contributed by atoms with Gasteiger partial charge in [0.25, 0.3) is 0 Å². The van der Waals surface area contributed by atoms with E-state index in [1.165, 1.54) is 18.2 Å². The second kappa shape index (κ2) is 5.40. The summed E-state index contributed by atoms with van der Waals surface area (Å²) in [5.41, 5.74) is 0.0848. The summed E-state index contributed by atoms with van der Waals surface area (Å²) in [6, 6.07) is 4.77. The topological polar surface area (TPSA) is 62.5 Å². The third kappa shape index (κ3) is 3.11. The van der Waals surface area contributed by atoms with Crippen LogP contribution in [-0.2, 0) is 6.54 Å². The highest BCUT2D eigenvalue weighted by atomic mass is 79.9. The van der Waals surface area contributed by atoms with Crippen molar-refractivity contribution in [3.63, 3.8) is 0 Å². The second-order valence-electron chi connectivity index (χ2n) is 3.67. The highest BCUT2D eigenvalue weighted by Crippen LogP contribution is 2.24. The van der Waals surface area contributed by atoms with Crippen molar-refractivity contribution >= 4 is 27.6 Å². The number of hydrogen-bond donors (Lipinski definition) is 2. The average molecular weight is 332 g/mol. The summed E-state index contributed by atoms with van der Waals surface area (Å²) in [6.45, 7) is 0.0856. The van der Waals surface area contributed by atoms with Crippen molar-refractivity contribution in [3.05, 3.63) is 51.9 Å². The van der Waals surface area contributed by atoms with Gasteiger partial charge in [0.1, 0.15) is 17.4 Å². The first-order chi connectivity index (χ1) is 8.97. The summed E-state index contributed by atoms with van der Waals surface area (Å²) < 4.78 is 31.6. The Bertz CT molecular complexity index is 627. The van der Waals surface area contributed by atoms with Gasteiger partial charge in [0.05, 0.1) is 16.7 Å². The highest BCUT2D eigenvalue weighted by molar-refractivity contribution is 9.10. The molecule has 2 rings (SSSR count). The summed E-state index contributed by atoms with van der Waals surface area (Å²) in [6.07, 6.45) is 0. The molecular formula is C12H8BrF2NO3. The number of hydrogen-bond acceptors (Lipinski definition) is 3. The number of aromatic carboxylic acids is 1. The Hall–Kier alpha value is -1.89. The Morgan fingerprint density at radius 3 is 2.68 bits per heavy atom. The minimum absolute atomic E-state index is 0.0848. The minimum atomic E-state index is -1.18. The van der Waals surface area contributed by atoms with Crippen molar-refractivity contribution in [1.82, 2.24) is 0 Å². The Labute approximate surface area is 115 Å². The fourth-order valence-corrected chi connectivity index (χ4v) is 1.77. The van der Waals surface area contributed by atoms with E-state index >= 15 is 0 Å². The molecule has 0 spiro atoms. The lowest BCUT2D eigenvalue weighted by molar-refractivity contribution is 0.0660. The number of carboxylic acids is 1. The van der Waals surface area contributed by atoms with Gasteiger partial charge in [0.15, 0.2) is 0 Å². The second-order valence-corrected chi connectivity index (χ2v) is 4.53. The van der Waals surface area contributed by atoms with Gasteiger partial charge in [0.2, 0.25) is 5.76 Å². The van der Waals surface area contributed by atoms with Crippen molar-refractivity contribution < 1.29 is 23.1 Å². The molecule has 0 unspecified atom stereocenters. The van der Waals surface area contributed by atoms with E-state index in [0.29, 0.717) is 5.76 Å². The quantitative estimate of drug-likeness (QED) is 0.840. The van der Waals surface area contributed by atoms with Gasteiger partial charge in [-0.25, -0.2) is 13.6 Å². The monoisotopic (exact) mass is 331 g/mol. The zero-order valence-electron chi connectivity index (χ0n) is 9.41. The van der Waals surface area contributed by atoms with Crippen molar-refractivity contribution in [1.29, 1.82) is 0 Å². The summed E-state index contributed by atoms with van der Waals surface area (Å²) in [5.74, 6) is -2.49. The smallest absolute Gasteiger partial charge is 0.371 e. The van der Waals surface area contributed by atoms with Crippen LogP contribution in [0.3, 0.4) is 0 Å². The first-order valence-corrected chi connectivity index (χ1v) is 5.97. The van der Waals surface area contributed by atoms with E-state index in [1.807, 2.05) is 0 Å². The van der Waals surface area contributed by atoms with Crippen LogP contribution in [0.5, 0.6) is 0 Å². The SMILES string of the molecule is O=C(O)c1ccc(CNc2cc(Br)c(F)cc2F)o1. The molecule has 0 aliphatic rings. The lowest BCUT2D eigenvalue weighted by atomic mass is 10.3. The van der Waals surface area contributed by atoms with E-state index in [4.69, 9.17) is 9.52 Å². The number of carboxylic acid groups (broad SMARTS) is 1. The predicted octanol–water partition coefficient (Wildman–Crippen LogP) is 3.63. The maximum Gasteiger partial charge on any atom is 0.371 e. The molecule has 0 saturated carbocycles. The van der Waals surface area contributed by atoms with Gasteiger partial charge in [-0.15, -0.1) is 0 Å². The number of halogens is 3. The van der Waals surface area contributed by atoms with E-state index in [0.717, 1.165) is 6.07 Å². The zero-order valence-corrected chi connectivity index (χ0v) is 11.0. The van der Waals surface area contributed by atoms with Crippen LogP contribution in [0, 0.1) is 11.6 Å². The molecule has 0 aliphatic heterocycles. The molecule has 0 bridgehead atoms. The maximum atomic E-state index is 13.4. The fraction of sp³-hybridized carbons (Fsp3) is 0.0833. The maximum absolute atomic E-state index is 13.4. The number of benzene rings is 1. The van der Waals surface area contributed by atoms with E-state index in [9.17, 15) is 13.6 Å². The number of rotatable bonds is 4. The highest BCUT2D eigenvalue weighted by Gasteiger charge is 2.11. The summed E-state index contributed by atoms with van der Waals surface area (Å²) in [4.78, 5) is 10.6. The molecule has 2 N–H and O–H groups in total. The molecule has 0 amide bonds. The first kappa shape index (κ1) is 13.5. The van der Waals surface area contributed by atoms with Crippen LogP contribution in [0.15, 0.2) is 33.2 Å². The van der Waals surface area contributed by atoms with Gasteiger partial charge in [-0.3, -0.25) is 0 Å². The molecule has 4 nitrogen and oxygen atoms in total. The minimum Gasteiger partial charge on any atom is -0.475 e.